The molecule has 0 bridgehead atoms. The highest BCUT2D eigenvalue weighted by atomic mass is 35.5. The molecule has 0 heterocycles. The van der Waals surface area contributed by atoms with Crippen molar-refractivity contribution in [2.75, 3.05) is 7.05 Å². The van der Waals surface area contributed by atoms with Crippen molar-refractivity contribution < 1.29 is 9.53 Å². The van der Waals surface area contributed by atoms with Crippen LogP contribution in [0.15, 0.2) is 24.3 Å². The molecular weight excluding hydrogens is 252 g/mol. The Morgan fingerprint density at radius 2 is 2.06 bits per heavy atom. The minimum atomic E-state index is -0.389. The summed E-state index contributed by atoms with van der Waals surface area (Å²) in [5.74, 6) is 0. The molecule has 0 atom stereocenters. The van der Waals surface area contributed by atoms with Gasteiger partial charge in [0.05, 0.1) is 0 Å². The summed E-state index contributed by atoms with van der Waals surface area (Å²) in [6.45, 7) is 6.02. The molecule has 0 unspecified atom stereocenters. The summed E-state index contributed by atoms with van der Waals surface area (Å²) >= 11 is 5.67. The molecule has 1 aromatic carbocycles. The maximum Gasteiger partial charge on any atom is 0.407 e. The van der Waals surface area contributed by atoms with Crippen LogP contribution >= 0.6 is 11.6 Å². The van der Waals surface area contributed by atoms with Gasteiger partial charge in [-0.1, -0.05) is 23.7 Å². The fraction of sp³-hybridized carbons (Fsp3) is 0.462. The predicted molar refractivity (Wildman–Crippen MR) is 74.6 cm³/mol. The second-order valence-electron chi connectivity index (χ2n) is 4.59. The standard InChI is InChI=1S/C7H8ClN.C6H13NO2/c8-7-3-1-2-6(4-7)5-9;1-6(2,3)9-5(8)7-4/h1-4H,5,9H2;1-4H3,(H,7,8). The first-order valence-corrected chi connectivity index (χ1v) is 6.01. The van der Waals surface area contributed by atoms with Crippen LogP contribution in [0.4, 0.5) is 4.79 Å². The fourth-order valence-electron chi connectivity index (χ4n) is 0.993. The highest BCUT2D eigenvalue weighted by Crippen LogP contribution is 2.09. The van der Waals surface area contributed by atoms with Crippen LogP contribution in [0.2, 0.25) is 5.02 Å². The SMILES string of the molecule is CNC(=O)OC(C)(C)C.NCc1cccc(Cl)c1. The average Bonchev–Trinajstić information content (AvgIpc) is 2.27. The molecule has 1 rings (SSSR count). The van der Waals surface area contributed by atoms with E-state index < -0.39 is 0 Å². The van der Waals surface area contributed by atoms with Gasteiger partial charge in [0, 0.05) is 18.6 Å². The first-order chi connectivity index (χ1) is 8.28. The van der Waals surface area contributed by atoms with Gasteiger partial charge >= 0.3 is 6.09 Å². The van der Waals surface area contributed by atoms with Gasteiger partial charge in [-0.3, -0.25) is 0 Å². The molecule has 5 heteroatoms. The van der Waals surface area contributed by atoms with E-state index in [2.05, 4.69) is 5.32 Å². The normalized spacial score (nSPS) is 10.1. The molecule has 4 nitrogen and oxygen atoms in total. The molecule has 0 radical (unpaired) electrons. The third kappa shape index (κ3) is 8.84. The van der Waals surface area contributed by atoms with Gasteiger partial charge in [0.15, 0.2) is 0 Å². The van der Waals surface area contributed by atoms with Crippen molar-refractivity contribution in [3.63, 3.8) is 0 Å². The Morgan fingerprint density at radius 1 is 1.44 bits per heavy atom. The molecule has 0 aliphatic heterocycles. The lowest BCUT2D eigenvalue weighted by Gasteiger charge is -2.18. The zero-order valence-electron chi connectivity index (χ0n) is 11.3. The Balaban J connectivity index is 0.000000321. The number of alkyl carbamates (subject to hydrolysis) is 1. The number of carbonyl (C=O) groups excluding carboxylic acids is 1. The number of hydrogen-bond acceptors (Lipinski definition) is 3. The van der Waals surface area contributed by atoms with E-state index in [4.69, 9.17) is 22.1 Å². The number of halogens is 1. The minimum absolute atomic E-state index is 0.387. The van der Waals surface area contributed by atoms with Crippen LogP contribution < -0.4 is 11.1 Å². The number of hydrogen-bond donors (Lipinski definition) is 2. The lowest BCUT2D eigenvalue weighted by atomic mass is 10.2. The Hall–Kier alpha value is -1.26. The second kappa shape index (κ2) is 7.95. The quantitative estimate of drug-likeness (QED) is 0.826. The topological polar surface area (TPSA) is 64.3 Å². The summed E-state index contributed by atoms with van der Waals surface area (Å²) in [7, 11) is 1.54. The first-order valence-electron chi connectivity index (χ1n) is 5.63. The molecule has 102 valence electrons. The lowest BCUT2D eigenvalue weighted by molar-refractivity contribution is 0.0541. The van der Waals surface area contributed by atoms with Crippen molar-refractivity contribution in [2.45, 2.75) is 32.9 Å². The van der Waals surface area contributed by atoms with Crippen molar-refractivity contribution in [1.29, 1.82) is 0 Å². The smallest absolute Gasteiger partial charge is 0.407 e. The van der Waals surface area contributed by atoms with Crippen LogP contribution in [0.25, 0.3) is 0 Å². The number of carbonyl (C=O) groups is 1. The Bertz CT molecular complexity index is 375. The summed E-state index contributed by atoms with van der Waals surface area (Å²) < 4.78 is 4.84. The van der Waals surface area contributed by atoms with Crippen LogP contribution in [0, 0.1) is 0 Å². The van der Waals surface area contributed by atoms with Gasteiger partial charge in [-0.15, -0.1) is 0 Å². The molecule has 0 saturated heterocycles. The molecule has 0 spiro atoms. The van der Waals surface area contributed by atoms with E-state index in [0.717, 1.165) is 10.6 Å². The molecule has 0 saturated carbocycles. The van der Waals surface area contributed by atoms with Gasteiger partial charge in [0.25, 0.3) is 0 Å². The number of nitrogens with one attached hydrogen (secondary N) is 1. The van der Waals surface area contributed by atoms with E-state index in [1.165, 1.54) is 7.05 Å². The average molecular weight is 273 g/mol. The summed E-state index contributed by atoms with van der Waals surface area (Å²) in [6, 6.07) is 7.54. The van der Waals surface area contributed by atoms with Crippen molar-refractivity contribution in [1.82, 2.24) is 5.32 Å². The maximum absolute atomic E-state index is 10.5. The van der Waals surface area contributed by atoms with Crippen LogP contribution in [0.3, 0.4) is 0 Å². The molecule has 0 fully saturated rings. The summed E-state index contributed by atoms with van der Waals surface area (Å²) in [4.78, 5) is 10.5. The Kier molecular flexibility index (Phi) is 7.39. The van der Waals surface area contributed by atoms with Gasteiger partial charge in [0.2, 0.25) is 0 Å². The third-order valence-electron chi connectivity index (χ3n) is 1.73. The molecule has 18 heavy (non-hydrogen) atoms. The zero-order chi connectivity index (χ0) is 14.2. The number of amides is 1. The van der Waals surface area contributed by atoms with Crippen molar-refractivity contribution in [2.24, 2.45) is 5.73 Å². The minimum Gasteiger partial charge on any atom is -0.444 e. The van der Waals surface area contributed by atoms with E-state index in [1.807, 2.05) is 45.0 Å². The number of benzene rings is 1. The van der Waals surface area contributed by atoms with Crippen molar-refractivity contribution in [3.05, 3.63) is 34.9 Å². The Morgan fingerprint density at radius 3 is 2.33 bits per heavy atom. The third-order valence-corrected chi connectivity index (χ3v) is 1.96. The molecule has 3 N–H and O–H groups in total. The number of rotatable bonds is 1. The monoisotopic (exact) mass is 272 g/mol. The van der Waals surface area contributed by atoms with Gasteiger partial charge in [-0.05, 0) is 38.5 Å². The molecule has 0 aliphatic rings. The van der Waals surface area contributed by atoms with Gasteiger partial charge in [-0.25, -0.2) is 4.79 Å². The maximum atomic E-state index is 10.5. The largest absolute Gasteiger partial charge is 0.444 e. The van der Waals surface area contributed by atoms with Crippen LogP contribution in [0.5, 0.6) is 0 Å². The predicted octanol–water partition coefficient (Wildman–Crippen LogP) is 2.94. The molecule has 0 aromatic heterocycles. The summed E-state index contributed by atoms with van der Waals surface area (Å²) in [5, 5.41) is 3.11. The lowest BCUT2D eigenvalue weighted by Crippen LogP contribution is -2.30. The second-order valence-corrected chi connectivity index (χ2v) is 5.02. The van der Waals surface area contributed by atoms with Crippen LogP contribution in [0.1, 0.15) is 26.3 Å². The zero-order valence-corrected chi connectivity index (χ0v) is 12.0. The van der Waals surface area contributed by atoms with Crippen molar-refractivity contribution >= 4 is 17.7 Å². The number of ether oxygens (including phenoxy) is 1. The molecule has 1 amide bonds. The summed E-state index contributed by atoms with van der Waals surface area (Å²) in [6.07, 6.45) is -0.387. The fourth-order valence-corrected chi connectivity index (χ4v) is 1.21. The van der Waals surface area contributed by atoms with Gasteiger partial charge in [-0.2, -0.15) is 0 Å². The molecular formula is C13H21ClN2O2. The Labute approximate surface area is 113 Å². The highest BCUT2D eigenvalue weighted by molar-refractivity contribution is 6.30. The highest BCUT2D eigenvalue weighted by Gasteiger charge is 2.13. The van der Waals surface area contributed by atoms with Crippen molar-refractivity contribution in [3.8, 4) is 0 Å². The van der Waals surface area contributed by atoms with E-state index in [-0.39, 0.29) is 11.7 Å². The van der Waals surface area contributed by atoms with Gasteiger partial charge < -0.3 is 15.8 Å². The summed E-state index contributed by atoms with van der Waals surface area (Å²) in [5.41, 5.74) is 6.04. The van der Waals surface area contributed by atoms with Crippen LogP contribution in [-0.4, -0.2) is 18.7 Å². The van der Waals surface area contributed by atoms with E-state index in [9.17, 15) is 4.79 Å². The van der Waals surface area contributed by atoms with E-state index in [1.54, 1.807) is 0 Å². The van der Waals surface area contributed by atoms with Crippen LogP contribution in [-0.2, 0) is 11.3 Å². The first kappa shape index (κ1) is 16.7. The van der Waals surface area contributed by atoms with E-state index in [0.29, 0.717) is 6.54 Å². The van der Waals surface area contributed by atoms with Gasteiger partial charge in [0.1, 0.15) is 5.60 Å². The number of nitrogens with two attached hydrogens (primary N) is 1. The molecule has 0 aliphatic carbocycles. The molecule has 1 aromatic rings. The van der Waals surface area contributed by atoms with E-state index >= 15 is 0 Å².